The third kappa shape index (κ3) is 4.28. The standard InChI is InChI=1S/C14H16BrN5O3/c1-4-23-12-10(15)5-9(6-11(12)22-3)7-16-19-14-17-13(21)8(2)18-20-14/h5-7H,4H2,1-3H3,(H2,17,19,20,21)/b16-7+. The first kappa shape index (κ1) is 16.9. The number of nitrogens with one attached hydrogen (secondary N) is 2. The number of aryl methyl sites for hydroxylation is 1. The highest BCUT2D eigenvalue weighted by molar-refractivity contribution is 9.10. The van der Waals surface area contributed by atoms with Crippen molar-refractivity contribution in [3.05, 3.63) is 38.2 Å². The molecule has 0 fully saturated rings. The van der Waals surface area contributed by atoms with Crippen LogP contribution in [0.1, 0.15) is 18.2 Å². The van der Waals surface area contributed by atoms with E-state index in [0.29, 0.717) is 23.8 Å². The highest BCUT2D eigenvalue weighted by atomic mass is 79.9. The average molecular weight is 382 g/mol. The zero-order chi connectivity index (χ0) is 16.8. The normalized spacial score (nSPS) is 10.8. The fraction of sp³-hybridized carbons (Fsp3) is 0.286. The molecule has 2 aromatic rings. The van der Waals surface area contributed by atoms with Crippen LogP contribution >= 0.6 is 15.9 Å². The number of aromatic amines is 1. The minimum Gasteiger partial charge on any atom is -0.493 e. The molecule has 2 N–H and O–H groups in total. The van der Waals surface area contributed by atoms with Gasteiger partial charge >= 0.3 is 0 Å². The molecule has 0 unspecified atom stereocenters. The van der Waals surface area contributed by atoms with E-state index in [1.54, 1.807) is 26.3 Å². The maximum Gasteiger partial charge on any atom is 0.274 e. The molecule has 0 saturated heterocycles. The number of nitrogens with zero attached hydrogens (tertiary/aromatic N) is 3. The molecule has 0 spiro atoms. The van der Waals surface area contributed by atoms with E-state index in [1.165, 1.54) is 0 Å². The topological polar surface area (TPSA) is 101 Å². The SMILES string of the molecule is CCOc1c(Br)cc(/C=N/Nc2nnc(C)c(=O)[nH]2)cc1OC. The van der Waals surface area contributed by atoms with Crippen LogP contribution in [0, 0.1) is 6.92 Å². The van der Waals surface area contributed by atoms with Crippen molar-refractivity contribution in [2.45, 2.75) is 13.8 Å². The Balaban J connectivity index is 2.17. The van der Waals surface area contributed by atoms with Gasteiger partial charge in [-0.1, -0.05) is 0 Å². The third-order valence-corrected chi connectivity index (χ3v) is 3.37. The Hall–Kier alpha value is -2.42. The van der Waals surface area contributed by atoms with E-state index < -0.39 is 0 Å². The summed E-state index contributed by atoms with van der Waals surface area (Å²) in [6.45, 7) is 4.00. The van der Waals surface area contributed by atoms with E-state index in [9.17, 15) is 4.79 Å². The van der Waals surface area contributed by atoms with Gasteiger partial charge in [-0.05, 0) is 47.5 Å². The van der Waals surface area contributed by atoms with Crippen molar-refractivity contribution in [1.82, 2.24) is 15.2 Å². The summed E-state index contributed by atoms with van der Waals surface area (Å²) in [5, 5.41) is 11.5. The van der Waals surface area contributed by atoms with Crippen molar-refractivity contribution in [2.24, 2.45) is 5.10 Å². The van der Waals surface area contributed by atoms with Crippen LogP contribution in [-0.2, 0) is 0 Å². The summed E-state index contributed by atoms with van der Waals surface area (Å²) in [5.74, 6) is 1.38. The molecule has 0 saturated carbocycles. The number of hydrazone groups is 1. The first-order valence-electron chi connectivity index (χ1n) is 6.78. The predicted molar refractivity (Wildman–Crippen MR) is 90.5 cm³/mol. The Morgan fingerprint density at radius 2 is 2.22 bits per heavy atom. The molecule has 0 aliphatic carbocycles. The van der Waals surface area contributed by atoms with Crippen LogP contribution in [0.25, 0.3) is 0 Å². The average Bonchev–Trinajstić information content (AvgIpc) is 2.53. The third-order valence-electron chi connectivity index (χ3n) is 2.79. The molecule has 9 heteroatoms. The van der Waals surface area contributed by atoms with E-state index in [2.05, 4.69) is 41.6 Å². The van der Waals surface area contributed by atoms with Crippen molar-refractivity contribution in [3.63, 3.8) is 0 Å². The van der Waals surface area contributed by atoms with E-state index in [4.69, 9.17) is 9.47 Å². The number of hydrogen-bond acceptors (Lipinski definition) is 7. The predicted octanol–water partition coefficient (Wildman–Crippen LogP) is 2.09. The molecule has 23 heavy (non-hydrogen) atoms. The first-order valence-corrected chi connectivity index (χ1v) is 7.57. The van der Waals surface area contributed by atoms with Gasteiger partial charge in [0.2, 0.25) is 5.95 Å². The van der Waals surface area contributed by atoms with E-state index in [0.717, 1.165) is 10.0 Å². The molecule has 8 nitrogen and oxygen atoms in total. The number of ether oxygens (including phenoxy) is 2. The largest absolute Gasteiger partial charge is 0.493 e. The molecule has 1 aromatic carbocycles. The quantitative estimate of drug-likeness (QED) is 0.586. The van der Waals surface area contributed by atoms with Gasteiger partial charge in [-0.25, -0.2) is 5.43 Å². The summed E-state index contributed by atoms with van der Waals surface area (Å²) in [6.07, 6.45) is 1.56. The number of H-pyrrole nitrogens is 1. The Morgan fingerprint density at radius 1 is 1.43 bits per heavy atom. The lowest BCUT2D eigenvalue weighted by Gasteiger charge is -2.11. The summed E-state index contributed by atoms with van der Waals surface area (Å²) in [7, 11) is 1.57. The lowest BCUT2D eigenvalue weighted by Crippen LogP contribution is -2.15. The maximum atomic E-state index is 11.4. The molecule has 1 heterocycles. The Labute approximate surface area is 141 Å². The second-order valence-corrected chi connectivity index (χ2v) is 5.28. The van der Waals surface area contributed by atoms with Crippen LogP contribution in [0.2, 0.25) is 0 Å². The van der Waals surface area contributed by atoms with Crippen LogP contribution < -0.4 is 20.5 Å². The molecular formula is C14H16BrN5O3. The van der Waals surface area contributed by atoms with Gasteiger partial charge in [-0.3, -0.25) is 9.78 Å². The van der Waals surface area contributed by atoms with Crippen molar-refractivity contribution in [3.8, 4) is 11.5 Å². The smallest absolute Gasteiger partial charge is 0.274 e. The number of anilines is 1. The van der Waals surface area contributed by atoms with Crippen LogP contribution in [0.4, 0.5) is 5.95 Å². The second kappa shape index (κ2) is 7.73. The zero-order valence-corrected chi connectivity index (χ0v) is 14.5. The van der Waals surface area contributed by atoms with Crippen LogP contribution in [0.15, 0.2) is 26.5 Å². The Kier molecular flexibility index (Phi) is 5.69. The summed E-state index contributed by atoms with van der Waals surface area (Å²) in [5.41, 5.74) is 3.36. The minimum absolute atomic E-state index is 0.161. The number of hydrogen-bond donors (Lipinski definition) is 2. The highest BCUT2D eigenvalue weighted by Gasteiger charge is 2.10. The molecular weight excluding hydrogens is 366 g/mol. The summed E-state index contributed by atoms with van der Waals surface area (Å²) in [6, 6.07) is 3.62. The minimum atomic E-state index is -0.316. The molecule has 0 amide bonds. The molecule has 2 rings (SSSR count). The van der Waals surface area contributed by atoms with E-state index in [-0.39, 0.29) is 11.5 Å². The van der Waals surface area contributed by atoms with Gasteiger partial charge in [0.25, 0.3) is 5.56 Å². The summed E-state index contributed by atoms with van der Waals surface area (Å²) in [4.78, 5) is 13.9. The van der Waals surface area contributed by atoms with Crippen molar-refractivity contribution in [1.29, 1.82) is 0 Å². The number of aromatic nitrogens is 3. The fourth-order valence-corrected chi connectivity index (χ4v) is 2.28. The van der Waals surface area contributed by atoms with Crippen LogP contribution in [0.3, 0.4) is 0 Å². The van der Waals surface area contributed by atoms with E-state index >= 15 is 0 Å². The van der Waals surface area contributed by atoms with Crippen molar-refractivity contribution >= 4 is 28.1 Å². The van der Waals surface area contributed by atoms with Gasteiger partial charge in [-0.2, -0.15) is 5.10 Å². The van der Waals surface area contributed by atoms with Gasteiger partial charge in [0.05, 0.1) is 24.4 Å². The molecule has 0 radical (unpaired) electrons. The first-order chi connectivity index (χ1) is 11.0. The molecule has 1 aromatic heterocycles. The molecule has 122 valence electrons. The zero-order valence-electron chi connectivity index (χ0n) is 12.9. The van der Waals surface area contributed by atoms with Gasteiger partial charge in [-0.15, -0.1) is 10.2 Å². The van der Waals surface area contributed by atoms with Crippen LogP contribution in [0.5, 0.6) is 11.5 Å². The van der Waals surface area contributed by atoms with Crippen molar-refractivity contribution < 1.29 is 9.47 Å². The monoisotopic (exact) mass is 381 g/mol. The molecule has 0 aliphatic heterocycles. The molecule has 0 atom stereocenters. The van der Waals surface area contributed by atoms with Gasteiger partial charge < -0.3 is 9.47 Å². The lowest BCUT2D eigenvalue weighted by atomic mass is 10.2. The van der Waals surface area contributed by atoms with Crippen LogP contribution in [-0.4, -0.2) is 35.1 Å². The van der Waals surface area contributed by atoms with Crippen molar-refractivity contribution in [2.75, 3.05) is 19.1 Å². The summed E-state index contributed by atoms with van der Waals surface area (Å²) < 4.78 is 11.6. The van der Waals surface area contributed by atoms with Gasteiger partial charge in [0.15, 0.2) is 11.5 Å². The van der Waals surface area contributed by atoms with Gasteiger partial charge in [0.1, 0.15) is 5.69 Å². The lowest BCUT2D eigenvalue weighted by molar-refractivity contribution is 0.309. The Morgan fingerprint density at radius 3 is 2.87 bits per heavy atom. The highest BCUT2D eigenvalue weighted by Crippen LogP contribution is 2.36. The number of halogens is 1. The van der Waals surface area contributed by atoms with E-state index in [1.807, 2.05) is 13.0 Å². The Bertz CT molecular complexity index is 775. The number of rotatable bonds is 6. The van der Waals surface area contributed by atoms with Gasteiger partial charge in [0, 0.05) is 0 Å². The maximum absolute atomic E-state index is 11.4. The number of benzene rings is 1. The second-order valence-electron chi connectivity index (χ2n) is 4.43. The molecule has 0 bridgehead atoms. The fourth-order valence-electron chi connectivity index (χ4n) is 1.71. The molecule has 0 aliphatic rings. The number of methoxy groups -OCH3 is 1. The summed E-state index contributed by atoms with van der Waals surface area (Å²) >= 11 is 3.44.